The maximum atomic E-state index is 13.1. The van der Waals surface area contributed by atoms with Gasteiger partial charge in [0.15, 0.2) is 0 Å². The third kappa shape index (κ3) is 3.07. The number of fused-ring (bicyclic) bond motifs is 2. The van der Waals surface area contributed by atoms with Crippen LogP contribution in [0.15, 0.2) is 36.9 Å². The van der Waals surface area contributed by atoms with Gasteiger partial charge in [0.1, 0.15) is 11.5 Å². The first-order chi connectivity index (χ1) is 15.0. The number of carbonyl (C=O) groups excluding carboxylic acids is 1. The Morgan fingerprint density at radius 3 is 2.84 bits per heavy atom. The average molecular weight is 422 g/mol. The molecule has 158 valence electrons. The molecule has 2 aliphatic carbocycles. The highest BCUT2D eigenvalue weighted by Crippen LogP contribution is 2.38. The topological polar surface area (TPSA) is 88.0 Å². The Balaban J connectivity index is 1.32. The molecule has 0 saturated heterocycles. The van der Waals surface area contributed by atoms with Crippen LogP contribution in [0.5, 0.6) is 0 Å². The molecule has 2 N–H and O–H groups in total. The third-order valence-electron chi connectivity index (χ3n) is 6.42. The zero-order chi connectivity index (χ0) is 21.2. The highest BCUT2D eigenvalue weighted by Gasteiger charge is 2.46. The molecule has 0 radical (unpaired) electrons. The number of pyridine rings is 1. The molecule has 7 nitrogen and oxygen atoms in total. The average Bonchev–Trinajstić information content (AvgIpc) is 3.28. The molecular weight excluding hydrogens is 402 g/mol. The first-order valence-electron chi connectivity index (χ1n) is 10.5. The zero-order valence-corrected chi connectivity index (χ0v) is 16.6. The van der Waals surface area contributed by atoms with Crippen LogP contribution < -0.4 is 5.32 Å². The van der Waals surface area contributed by atoms with E-state index in [0.29, 0.717) is 17.0 Å². The monoisotopic (exact) mass is 422 g/mol. The van der Waals surface area contributed by atoms with Crippen molar-refractivity contribution < 1.29 is 13.6 Å². The van der Waals surface area contributed by atoms with E-state index in [9.17, 15) is 13.6 Å². The first-order valence-corrected chi connectivity index (χ1v) is 10.5. The van der Waals surface area contributed by atoms with Crippen molar-refractivity contribution in [2.45, 2.75) is 50.0 Å². The molecule has 0 spiro atoms. The van der Waals surface area contributed by atoms with Crippen molar-refractivity contribution in [1.29, 1.82) is 0 Å². The number of alkyl halides is 2. The number of nitrogens with zero attached hydrogens (tertiary/aromatic N) is 4. The largest absolute Gasteiger partial charge is 0.349 e. The summed E-state index contributed by atoms with van der Waals surface area (Å²) in [7, 11) is 0. The van der Waals surface area contributed by atoms with Crippen molar-refractivity contribution in [3.05, 3.63) is 48.3 Å². The molecule has 6 rings (SSSR count). The van der Waals surface area contributed by atoms with Crippen LogP contribution in [0.2, 0.25) is 0 Å². The van der Waals surface area contributed by atoms with Crippen molar-refractivity contribution in [2.75, 3.05) is 0 Å². The number of hydrogen-bond acceptors (Lipinski definition) is 4. The summed E-state index contributed by atoms with van der Waals surface area (Å²) < 4.78 is 27.8. The first kappa shape index (κ1) is 18.4. The summed E-state index contributed by atoms with van der Waals surface area (Å²) in [6, 6.07) is 3.28. The van der Waals surface area contributed by atoms with Gasteiger partial charge in [-0.2, -0.15) is 5.10 Å². The predicted molar refractivity (Wildman–Crippen MR) is 110 cm³/mol. The minimum Gasteiger partial charge on any atom is -0.349 e. The molecule has 31 heavy (non-hydrogen) atoms. The standard InChI is InChI=1S/C22H20F2N6O/c23-22(24)7-14(8-22)28-21(31)17-11-27-30-5-4-13(6-18(17)30)15-9-26-20-16(15)10-25-19(29-20)12-2-1-3-12/h4-6,9-12,14H,1-3,7-8H2,(H,28,31)(H,25,26,29). The Morgan fingerprint density at radius 1 is 1.26 bits per heavy atom. The number of halogens is 2. The molecular formula is C22H20F2N6O. The molecule has 0 atom stereocenters. The Bertz CT molecular complexity index is 1310. The van der Waals surface area contributed by atoms with Gasteiger partial charge in [0.2, 0.25) is 0 Å². The van der Waals surface area contributed by atoms with Gasteiger partial charge in [-0.3, -0.25) is 4.79 Å². The molecule has 2 saturated carbocycles. The molecule has 2 fully saturated rings. The van der Waals surface area contributed by atoms with E-state index in [4.69, 9.17) is 4.98 Å². The van der Waals surface area contributed by atoms with E-state index in [-0.39, 0.29) is 18.7 Å². The lowest BCUT2D eigenvalue weighted by Gasteiger charge is -2.35. The summed E-state index contributed by atoms with van der Waals surface area (Å²) in [6.07, 6.45) is 9.86. The lowest BCUT2D eigenvalue weighted by molar-refractivity contribution is -0.0901. The summed E-state index contributed by atoms with van der Waals surface area (Å²) in [4.78, 5) is 25.1. The van der Waals surface area contributed by atoms with Gasteiger partial charge in [-0.1, -0.05) is 6.42 Å². The quantitative estimate of drug-likeness (QED) is 0.519. The number of nitrogens with one attached hydrogen (secondary N) is 2. The van der Waals surface area contributed by atoms with Gasteiger partial charge in [0.05, 0.1) is 17.3 Å². The van der Waals surface area contributed by atoms with E-state index in [0.717, 1.165) is 40.8 Å². The molecule has 2 aliphatic rings. The lowest BCUT2D eigenvalue weighted by Crippen LogP contribution is -2.50. The van der Waals surface area contributed by atoms with Crippen LogP contribution in [0.1, 0.15) is 54.2 Å². The number of aromatic nitrogens is 5. The molecule has 9 heteroatoms. The summed E-state index contributed by atoms with van der Waals surface area (Å²) in [5, 5.41) is 7.82. The van der Waals surface area contributed by atoms with Gasteiger partial charge in [-0.15, -0.1) is 0 Å². The minimum absolute atomic E-state index is 0.318. The maximum absolute atomic E-state index is 13.1. The summed E-state index contributed by atoms with van der Waals surface area (Å²) >= 11 is 0. The van der Waals surface area contributed by atoms with Crippen LogP contribution >= 0.6 is 0 Å². The van der Waals surface area contributed by atoms with Gasteiger partial charge in [0.25, 0.3) is 11.8 Å². The Hall–Kier alpha value is -3.36. The smallest absolute Gasteiger partial charge is 0.255 e. The van der Waals surface area contributed by atoms with E-state index >= 15 is 0 Å². The van der Waals surface area contributed by atoms with E-state index in [1.54, 1.807) is 10.7 Å². The summed E-state index contributed by atoms with van der Waals surface area (Å²) in [5.74, 6) is -1.72. The summed E-state index contributed by atoms with van der Waals surface area (Å²) in [6.45, 7) is 0. The molecule has 1 amide bonds. The number of hydrogen-bond donors (Lipinski definition) is 2. The van der Waals surface area contributed by atoms with Gasteiger partial charge in [-0.05, 0) is 30.5 Å². The van der Waals surface area contributed by atoms with Crippen molar-refractivity contribution >= 4 is 22.5 Å². The number of rotatable bonds is 4. The summed E-state index contributed by atoms with van der Waals surface area (Å²) in [5.41, 5.74) is 3.60. The van der Waals surface area contributed by atoms with Crippen molar-refractivity contribution in [2.24, 2.45) is 0 Å². The van der Waals surface area contributed by atoms with Crippen LogP contribution in [0.25, 0.3) is 27.7 Å². The predicted octanol–water partition coefficient (Wildman–Crippen LogP) is 4.07. The van der Waals surface area contributed by atoms with Crippen LogP contribution in [0.3, 0.4) is 0 Å². The van der Waals surface area contributed by atoms with Gasteiger partial charge < -0.3 is 10.3 Å². The van der Waals surface area contributed by atoms with Crippen molar-refractivity contribution in [1.82, 2.24) is 29.9 Å². The maximum Gasteiger partial charge on any atom is 0.255 e. The number of aromatic amines is 1. The van der Waals surface area contributed by atoms with Gasteiger partial charge in [0, 0.05) is 54.3 Å². The molecule has 0 aliphatic heterocycles. The second-order valence-electron chi connectivity index (χ2n) is 8.56. The number of H-pyrrole nitrogens is 1. The van der Waals surface area contributed by atoms with Crippen molar-refractivity contribution in [3.63, 3.8) is 0 Å². The van der Waals surface area contributed by atoms with Crippen LogP contribution in [-0.2, 0) is 0 Å². The Kier molecular flexibility index (Phi) is 3.90. The molecule has 4 heterocycles. The second-order valence-corrected chi connectivity index (χ2v) is 8.56. The molecule has 0 bridgehead atoms. The van der Waals surface area contributed by atoms with Crippen LogP contribution in [0, 0.1) is 0 Å². The zero-order valence-electron chi connectivity index (χ0n) is 16.6. The highest BCUT2D eigenvalue weighted by molar-refractivity contribution is 6.02. The fourth-order valence-corrected chi connectivity index (χ4v) is 4.37. The Labute approximate surface area is 175 Å². The van der Waals surface area contributed by atoms with E-state index in [1.807, 2.05) is 24.5 Å². The van der Waals surface area contributed by atoms with Gasteiger partial charge >= 0.3 is 0 Å². The second kappa shape index (κ2) is 6.57. The van der Waals surface area contributed by atoms with Crippen LogP contribution in [-0.4, -0.2) is 42.4 Å². The Morgan fingerprint density at radius 2 is 2.10 bits per heavy atom. The molecule has 4 aromatic heterocycles. The van der Waals surface area contributed by atoms with Gasteiger partial charge in [-0.25, -0.2) is 23.3 Å². The fraction of sp³-hybridized carbons (Fsp3) is 0.364. The normalized spacial score (nSPS) is 18.8. The SMILES string of the molecule is O=C(NC1CC(F)(F)C1)c1cnn2ccc(-c3c[nH]c4nc(C5CCC5)ncc34)cc12. The number of carbonyl (C=O) groups is 1. The van der Waals surface area contributed by atoms with E-state index in [1.165, 1.54) is 12.6 Å². The van der Waals surface area contributed by atoms with Crippen molar-refractivity contribution in [3.8, 4) is 11.1 Å². The number of amides is 1. The highest BCUT2D eigenvalue weighted by atomic mass is 19.3. The lowest BCUT2D eigenvalue weighted by atomic mass is 9.85. The van der Waals surface area contributed by atoms with Crippen LogP contribution in [0.4, 0.5) is 8.78 Å². The fourth-order valence-electron chi connectivity index (χ4n) is 4.37. The minimum atomic E-state index is -2.68. The van der Waals surface area contributed by atoms with E-state index < -0.39 is 12.0 Å². The molecule has 0 aromatic carbocycles. The third-order valence-corrected chi connectivity index (χ3v) is 6.42. The molecule has 4 aromatic rings. The van der Waals surface area contributed by atoms with E-state index in [2.05, 4.69) is 20.4 Å². The molecule has 0 unspecified atom stereocenters.